The Kier molecular flexibility index (Phi) is 6.26. The van der Waals surface area contributed by atoms with Crippen LogP contribution in [-0.4, -0.2) is 27.0 Å². The average molecular weight is 412 g/mol. The van der Waals surface area contributed by atoms with E-state index in [-0.39, 0.29) is 28.8 Å². The van der Waals surface area contributed by atoms with Crippen LogP contribution in [0.1, 0.15) is 17.0 Å². The Hall–Kier alpha value is -3.23. The topological polar surface area (TPSA) is 98.5 Å². The number of non-ortho nitro benzene ring substituents is 1. The van der Waals surface area contributed by atoms with Gasteiger partial charge in [0.2, 0.25) is 10.0 Å². The summed E-state index contributed by atoms with van der Waals surface area (Å²) in [7, 11) is -2.73. The molecule has 0 spiro atoms. The SMILES string of the molecule is COc1ccc([N+](=O)[O-])cc1S(=O)(=O)NCC(c1ccccc1)c1ccccc1. The van der Waals surface area contributed by atoms with Crippen LogP contribution in [0.3, 0.4) is 0 Å². The molecule has 0 aromatic heterocycles. The lowest BCUT2D eigenvalue weighted by atomic mass is 9.92. The van der Waals surface area contributed by atoms with Crippen LogP contribution in [0.15, 0.2) is 83.8 Å². The minimum Gasteiger partial charge on any atom is -0.495 e. The summed E-state index contributed by atoms with van der Waals surface area (Å²) in [4.78, 5) is 10.2. The molecular formula is C21H20N2O5S. The molecule has 0 aliphatic rings. The molecule has 29 heavy (non-hydrogen) atoms. The number of methoxy groups -OCH3 is 1. The molecular weight excluding hydrogens is 392 g/mol. The van der Waals surface area contributed by atoms with Crippen LogP contribution in [0, 0.1) is 10.1 Å². The molecule has 0 aliphatic heterocycles. The molecule has 0 aliphatic carbocycles. The normalized spacial score (nSPS) is 11.4. The lowest BCUT2D eigenvalue weighted by molar-refractivity contribution is -0.385. The van der Waals surface area contributed by atoms with Gasteiger partial charge in [-0.05, 0) is 17.2 Å². The summed E-state index contributed by atoms with van der Waals surface area (Å²) in [5.74, 6) is -0.184. The Balaban J connectivity index is 1.93. The number of rotatable bonds is 8. The second kappa shape index (κ2) is 8.85. The third-order valence-corrected chi connectivity index (χ3v) is 5.97. The molecule has 0 bridgehead atoms. The molecule has 0 atom stereocenters. The molecule has 3 aromatic carbocycles. The molecule has 1 N–H and O–H groups in total. The number of nitrogens with one attached hydrogen (secondary N) is 1. The fourth-order valence-electron chi connectivity index (χ4n) is 3.06. The Morgan fingerprint density at radius 1 is 0.966 bits per heavy atom. The highest BCUT2D eigenvalue weighted by molar-refractivity contribution is 7.89. The molecule has 150 valence electrons. The number of sulfonamides is 1. The van der Waals surface area contributed by atoms with Crippen molar-refractivity contribution in [3.63, 3.8) is 0 Å². The van der Waals surface area contributed by atoms with Crippen LogP contribution in [0.5, 0.6) is 5.75 Å². The molecule has 0 radical (unpaired) electrons. The largest absolute Gasteiger partial charge is 0.495 e. The number of nitrogens with zero attached hydrogens (tertiary/aromatic N) is 1. The van der Waals surface area contributed by atoms with Gasteiger partial charge in [-0.3, -0.25) is 10.1 Å². The van der Waals surface area contributed by atoms with Gasteiger partial charge in [-0.2, -0.15) is 0 Å². The summed E-state index contributed by atoms with van der Waals surface area (Å²) in [5, 5.41) is 11.1. The number of hydrogen-bond donors (Lipinski definition) is 1. The molecule has 3 aromatic rings. The van der Waals surface area contributed by atoms with E-state index in [0.29, 0.717) is 0 Å². The highest BCUT2D eigenvalue weighted by atomic mass is 32.2. The zero-order chi connectivity index (χ0) is 20.9. The molecule has 3 rings (SSSR count). The summed E-state index contributed by atoms with van der Waals surface area (Å²) < 4.78 is 33.6. The van der Waals surface area contributed by atoms with Crippen molar-refractivity contribution < 1.29 is 18.1 Å². The summed E-state index contributed by atoms with van der Waals surface area (Å²) in [5.41, 5.74) is 1.58. The van der Waals surface area contributed by atoms with Gasteiger partial charge in [0.25, 0.3) is 5.69 Å². The first kappa shape index (κ1) is 20.5. The Labute approximate surface area is 169 Å². The zero-order valence-corrected chi connectivity index (χ0v) is 16.5. The number of hydrogen-bond acceptors (Lipinski definition) is 5. The van der Waals surface area contributed by atoms with Crippen molar-refractivity contribution in [1.82, 2.24) is 4.72 Å². The maximum Gasteiger partial charge on any atom is 0.271 e. The van der Waals surface area contributed by atoms with Gasteiger partial charge in [0.15, 0.2) is 0 Å². The van der Waals surface area contributed by atoms with Crippen LogP contribution in [0.4, 0.5) is 5.69 Å². The van der Waals surface area contributed by atoms with Crippen molar-refractivity contribution in [1.29, 1.82) is 0 Å². The fraction of sp³-hybridized carbons (Fsp3) is 0.143. The second-order valence-electron chi connectivity index (χ2n) is 6.32. The van der Waals surface area contributed by atoms with Crippen LogP contribution in [0.2, 0.25) is 0 Å². The van der Waals surface area contributed by atoms with Crippen molar-refractivity contribution >= 4 is 15.7 Å². The van der Waals surface area contributed by atoms with E-state index in [4.69, 9.17) is 4.74 Å². The molecule has 0 saturated carbocycles. The quantitative estimate of drug-likeness (QED) is 0.449. The number of ether oxygens (including phenoxy) is 1. The van der Waals surface area contributed by atoms with Gasteiger partial charge in [-0.15, -0.1) is 0 Å². The van der Waals surface area contributed by atoms with Crippen molar-refractivity contribution in [2.24, 2.45) is 0 Å². The summed E-state index contributed by atoms with van der Waals surface area (Å²) in [6.45, 7) is 0.0855. The molecule has 7 nitrogen and oxygen atoms in total. The third kappa shape index (κ3) is 4.79. The van der Waals surface area contributed by atoms with Crippen molar-refractivity contribution in [2.75, 3.05) is 13.7 Å². The van der Waals surface area contributed by atoms with E-state index in [9.17, 15) is 18.5 Å². The number of benzene rings is 3. The van der Waals surface area contributed by atoms with Crippen LogP contribution in [-0.2, 0) is 10.0 Å². The predicted molar refractivity (Wildman–Crippen MR) is 110 cm³/mol. The van der Waals surface area contributed by atoms with Crippen molar-refractivity contribution in [2.45, 2.75) is 10.8 Å². The first-order valence-electron chi connectivity index (χ1n) is 8.84. The van der Waals surface area contributed by atoms with Gasteiger partial charge in [-0.1, -0.05) is 60.7 Å². The van der Waals surface area contributed by atoms with Crippen LogP contribution < -0.4 is 9.46 Å². The van der Waals surface area contributed by atoms with E-state index >= 15 is 0 Å². The molecule has 0 fully saturated rings. The lowest BCUT2D eigenvalue weighted by Crippen LogP contribution is -2.29. The summed E-state index contributed by atoms with van der Waals surface area (Å²) >= 11 is 0. The standard InChI is InChI=1S/C21H20N2O5S/c1-28-20-13-12-18(23(24)25)14-21(20)29(26,27)22-15-19(16-8-4-2-5-9-16)17-10-6-3-7-11-17/h2-14,19,22H,15H2,1H3. The van der Waals surface area contributed by atoms with E-state index in [0.717, 1.165) is 17.2 Å². The lowest BCUT2D eigenvalue weighted by Gasteiger charge is -2.19. The monoisotopic (exact) mass is 412 g/mol. The van der Waals surface area contributed by atoms with E-state index in [2.05, 4.69) is 4.72 Å². The van der Waals surface area contributed by atoms with E-state index in [1.165, 1.54) is 19.2 Å². The Bertz CT molecular complexity index is 1050. The maximum atomic E-state index is 12.9. The minimum atomic E-state index is -4.05. The van der Waals surface area contributed by atoms with Gasteiger partial charge < -0.3 is 4.74 Å². The molecule has 8 heteroatoms. The molecule has 0 saturated heterocycles. The van der Waals surface area contributed by atoms with Crippen molar-refractivity contribution in [3.05, 3.63) is 100 Å². The molecule has 0 unspecified atom stereocenters. The highest BCUT2D eigenvalue weighted by Crippen LogP contribution is 2.29. The van der Waals surface area contributed by atoms with Gasteiger partial charge in [-0.25, -0.2) is 13.1 Å². The van der Waals surface area contributed by atoms with E-state index in [1.54, 1.807) is 0 Å². The average Bonchev–Trinajstić information content (AvgIpc) is 2.75. The summed E-state index contributed by atoms with van der Waals surface area (Å²) in [6, 6.07) is 22.6. The number of nitro benzene ring substituents is 1. The van der Waals surface area contributed by atoms with Crippen LogP contribution >= 0.6 is 0 Å². The third-order valence-electron chi connectivity index (χ3n) is 4.53. The first-order chi connectivity index (χ1) is 13.9. The van der Waals surface area contributed by atoms with E-state index in [1.807, 2.05) is 60.7 Å². The van der Waals surface area contributed by atoms with Gasteiger partial charge in [0.1, 0.15) is 10.6 Å². The van der Waals surface area contributed by atoms with Crippen LogP contribution in [0.25, 0.3) is 0 Å². The molecule has 0 amide bonds. The number of nitro groups is 1. The van der Waals surface area contributed by atoms with Gasteiger partial charge >= 0.3 is 0 Å². The second-order valence-corrected chi connectivity index (χ2v) is 8.05. The Morgan fingerprint density at radius 2 is 1.52 bits per heavy atom. The van der Waals surface area contributed by atoms with E-state index < -0.39 is 14.9 Å². The molecule has 0 heterocycles. The van der Waals surface area contributed by atoms with Gasteiger partial charge in [0.05, 0.1) is 12.0 Å². The van der Waals surface area contributed by atoms with Gasteiger partial charge in [0, 0.05) is 24.6 Å². The maximum absolute atomic E-state index is 12.9. The first-order valence-corrected chi connectivity index (χ1v) is 10.3. The predicted octanol–water partition coefficient (Wildman–Crippen LogP) is 3.71. The smallest absolute Gasteiger partial charge is 0.271 e. The van der Waals surface area contributed by atoms with Crippen molar-refractivity contribution in [3.8, 4) is 5.75 Å². The fourth-order valence-corrected chi connectivity index (χ4v) is 4.29. The highest BCUT2D eigenvalue weighted by Gasteiger charge is 2.25. The zero-order valence-electron chi connectivity index (χ0n) is 15.7. The Morgan fingerprint density at radius 3 is 2.00 bits per heavy atom. The minimum absolute atomic E-state index is 0.0408. The summed E-state index contributed by atoms with van der Waals surface area (Å²) in [6.07, 6.45) is 0.